The predicted molar refractivity (Wildman–Crippen MR) is 74.6 cm³/mol. The van der Waals surface area contributed by atoms with Crippen molar-refractivity contribution in [2.24, 2.45) is 5.73 Å². The molecule has 0 aliphatic carbocycles. The van der Waals surface area contributed by atoms with Gasteiger partial charge in [-0.05, 0) is 13.3 Å². The number of rotatable bonds is 6. The molecule has 1 rings (SSSR count). The van der Waals surface area contributed by atoms with Crippen LogP contribution in [0.25, 0.3) is 0 Å². The molecule has 0 spiro atoms. The highest BCUT2D eigenvalue weighted by Crippen LogP contribution is 2.05. The topological polar surface area (TPSA) is 80.9 Å². The van der Waals surface area contributed by atoms with Gasteiger partial charge in [0.25, 0.3) is 0 Å². The number of aromatic nitrogens is 2. The Morgan fingerprint density at radius 1 is 1.59 bits per heavy atom. The van der Waals surface area contributed by atoms with E-state index >= 15 is 0 Å². The molecule has 0 aromatic carbocycles. The summed E-state index contributed by atoms with van der Waals surface area (Å²) in [6.45, 7) is 2.01. The summed E-state index contributed by atoms with van der Waals surface area (Å²) in [6, 6.07) is 0.198. The summed E-state index contributed by atoms with van der Waals surface area (Å²) in [5.41, 5.74) is 5.93. The molecular formula is C10H16N4OS2. The molecule has 1 heterocycles. The van der Waals surface area contributed by atoms with E-state index in [4.69, 9.17) is 18.0 Å². The van der Waals surface area contributed by atoms with E-state index < -0.39 is 10.8 Å². The second-order valence-electron chi connectivity index (χ2n) is 3.76. The highest BCUT2D eigenvalue weighted by molar-refractivity contribution is 7.84. The number of thiocarbonyl (C=S) groups is 1. The molecule has 3 N–H and O–H groups in total. The summed E-state index contributed by atoms with van der Waals surface area (Å²) in [5, 5.41) is 3.17. The Labute approximate surface area is 109 Å². The summed E-state index contributed by atoms with van der Waals surface area (Å²) < 4.78 is 10.9. The first kappa shape index (κ1) is 14.0. The average Bonchev–Trinajstić information content (AvgIpc) is 2.27. The second kappa shape index (κ2) is 6.61. The standard InChI is InChI=1S/C10H16N4OS2/c1-7(3-4-17(2)15)14-9-6-12-8(5-13-9)10(11)16/h5-7H,3-4H2,1-2H3,(H2,11,16)(H,13,14). The Morgan fingerprint density at radius 2 is 2.29 bits per heavy atom. The van der Waals surface area contributed by atoms with Crippen LogP contribution in [-0.4, -0.2) is 37.2 Å². The van der Waals surface area contributed by atoms with E-state index in [1.54, 1.807) is 12.5 Å². The Hall–Kier alpha value is -1.08. The highest BCUT2D eigenvalue weighted by atomic mass is 32.2. The van der Waals surface area contributed by atoms with Crippen molar-refractivity contribution in [3.05, 3.63) is 18.1 Å². The number of nitrogens with two attached hydrogens (primary N) is 1. The van der Waals surface area contributed by atoms with Crippen LogP contribution < -0.4 is 11.1 Å². The smallest absolute Gasteiger partial charge is 0.144 e. The van der Waals surface area contributed by atoms with Crippen LogP contribution in [0.2, 0.25) is 0 Å². The molecule has 0 saturated carbocycles. The Bertz CT molecular complexity index is 407. The summed E-state index contributed by atoms with van der Waals surface area (Å²) in [7, 11) is -0.764. The zero-order chi connectivity index (χ0) is 12.8. The van der Waals surface area contributed by atoms with Crippen molar-refractivity contribution >= 4 is 33.8 Å². The molecule has 0 bridgehead atoms. The SMILES string of the molecule is CC(CCS(C)=O)Nc1cnc(C(N)=S)cn1. The van der Waals surface area contributed by atoms with Gasteiger partial charge in [-0.25, -0.2) is 9.97 Å². The lowest BCUT2D eigenvalue weighted by Gasteiger charge is -2.13. The van der Waals surface area contributed by atoms with Crippen molar-refractivity contribution in [3.8, 4) is 0 Å². The van der Waals surface area contributed by atoms with Crippen LogP contribution in [-0.2, 0) is 10.8 Å². The van der Waals surface area contributed by atoms with Crippen LogP contribution in [0.5, 0.6) is 0 Å². The Kier molecular flexibility index (Phi) is 5.43. The first-order valence-electron chi connectivity index (χ1n) is 5.17. The minimum Gasteiger partial charge on any atom is -0.388 e. The maximum absolute atomic E-state index is 10.9. The van der Waals surface area contributed by atoms with E-state index in [0.29, 0.717) is 17.3 Å². The van der Waals surface area contributed by atoms with E-state index in [9.17, 15) is 4.21 Å². The lowest BCUT2D eigenvalue weighted by molar-refractivity contribution is 0.678. The van der Waals surface area contributed by atoms with Crippen molar-refractivity contribution in [1.82, 2.24) is 9.97 Å². The van der Waals surface area contributed by atoms with Crippen molar-refractivity contribution in [3.63, 3.8) is 0 Å². The number of nitrogens with zero attached hydrogens (tertiary/aromatic N) is 2. The zero-order valence-electron chi connectivity index (χ0n) is 9.84. The monoisotopic (exact) mass is 272 g/mol. The van der Waals surface area contributed by atoms with Crippen molar-refractivity contribution in [2.45, 2.75) is 19.4 Å². The Morgan fingerprint density at radius 3 is 2.76 bits per heavy atom. The zero-order valence-corrected chi connectivity index (χ0v) is 11.5. The van der Waals surface area contributed by atoms with E-state index in [2.05, 4.69) is 15.3 Å². The minimum atomic E-state index is -0.764. The molecule has 94 valence electrons. The molecule has 0 saturated heterocycles. The first-order chi connectivity index (χ1) is 7.99. The molecule has 2 unspecified atom stereocenters. The lowest BCUT2D eigenvalue weighted by Crippen LogP contribution is -2.19. The fourth-order valence-electron chi connectivity index (χ4n) is 1.20. The fourth-order valence-corrected chi connectivity index (χ4v) is 1.99. The number of anilines is 1. The summed E-state index contributed by atoms with van der Waals surface area (Å²) in [4.78, 5) is 8.46. The van der Waals surface area contributed by atoms with E-state index in [-0.39, 0.29) is 11.0 Å². The van der Waals surface area contributed by atoms with Crippen LogP contribution in [0.4, 0.5) is 5.82 Å². The van der Waals surface area contributed by atoms with Crippen molar-refractivity contribution < 1.29 is 4.21 Å². The van der Waals surface area contributed by atoms with Gasteiger partial charge < -0.3 is 11.1 Å². The van der Waals surface area contributed by atoms with Gasteiger partial charge in [-0.1, -0.05) is 12.2 Å². The molecule has 5 nitrogen and oxygen atoms in total. The highest BCUT2D eigenvalue weighted by Gasteiger charge is 2.05. The van der Waals surface area contributed by atoms with Crippen molar-refractivity contribution in [1.29, 1.82) is 0 Å². The van der Waals surface area contributed by atoms with Crippen LogP contribution in [0.1, 0.15) is 19.0 Å². The summed E-state index contributed by atoms with van der Waals surface area (Å²) in [6.07, 6.45) is 5.65. The van der Waals surface area contributed by atoms with E-state index in [1.165, 1.54) is 6.20 Å². The van der Waals surface area contributed by atoms with Crippen LogP contribution in [0, 0.1) is 0 Å². The molecule has 0 amide bonds. The largest absolute Gasteiger partial charge is 0.388 e. The molecule has 1 aromatic rings. The quantitative estimate of drug-likeness (QED) is 0.741. The number of hydrogen-bond donors (Lipinski definition) is 2. The van der Waals surface area contributed by atoms with Crippen LogP contribution >= 0.6 is 12.2 Å². The predicted octanol–water partition coefficient (Wildman–Crippen LogP) is 0.680. The van der Waals surface area contributed by atoms with Gasteiger partial charge in [0, 0.05) is 28.9 Å². The fraction of sp³-hybridized carbons (Fsp3) is 0.500. The summed E-state index contributed by atoms with van der Waals surface area (Å²) >= 11 is 4.78. The number of hydrogen-bond acceptors (Lipinski definition) is 5. The third-order valence-electron chi connectivity index (χ3n) is 2.14. The van der Waals surface area contributed by atoms with Gasteiger partial charge in [0.15, 0.2) is 0 Å². The lowest BCUT2D eigenvalue weighted by atomic mass is 10.2. The third-order valence-corrected chi connectivity index (χ3v) is 3.16. The molecule has 0 aliphatic heterocycles. The van der Waals surface area contributed by atoms with Gasteiger partial charge in [0.2, 0.25) is 0 Å². The average molecular weight is 272 g/mol. The van der Waals surface area contributed by atoms with Gasteiger partial charge in [-0.3, -0.25) is 4.21 Å². The molecule has 0 radical (unpaired) electrons. The van der Waals surface area contributed by atoms with Crippen molar-refractivity contribution in [2.75, 3.05) is 17.3 Å². The second-order valence-corrected chi connectivity index (χ2v) is 5.76. The van der Waals surface area contributed by atoms with Crippen LogP contribution in [0.15, 0.2) is 12.4 Å². The minimum absolute atomic E-state index is 0.198. The molecule has 0 aliphatic rings. The van der Waals surface area contributed by atoms with Crippen LogP contribution in [0.3, 0.4) is 0 Å². The first-order valence-corrected chi connectivity index (χ1v) is 7.31. The van der Waals surface area contributed by atoms with E-state index in [1.807, 2.05) is 6.92 Å². The molecular weight excluding hydrogens is 256 g/mol. The maximum atomic E-state index is 10.9. The molecule has 0 fully saturated rings. The molecule has 7 heteroatoms. The number of nitrogens with one attached hydrogen (secondary N) is 1. The Balaban J connectivity index is 2.51. The third kappa shape index (κ3) is 5.18. The van der Waals surface area contributed by atoms with Gasteiger partial charge in [0.05, 0.1) is 12.4 Å². The van der Waals surface area contributed by atoms with Gasteiger partial charge in [0.1, 0.15) is 16.5 Å². The molecule has 1 aromatic heterocycles. The van der Waals surface area contributed by atoms with Gasteiger partial charge in [-0.15, -0.1) is 0 Å². The normalized spacial score (nSPS) is 14.0. The van der Waals surface area contributed by atoms with Gasteiger partial charge in [-0.2, -0.15) is 0 Å². The van der Waals surface area contributed by atoms with Gasteiger partial charge >= 0.3 is 0 Å². The molecule has 2 atom stereocenters. The summed E-state index contributed by atoms with van der Waals surface area (Å²) in [5.74, 6) is 1.34. The van der Waals surface area contributed by atoms with E-state index in [0.717, 1.165) is 6.42 Å². The molecule has 17 heavy (non-hydrogen) atoms. The maximum Gasteiger partial charge on any atom is 0.144 e.